The highest BCUT2D eigenvalue weighted by Gasteiger charge is 2.15. The Hall–Kier alpha value is -1.49. The van der Waals surface area contributed by atoms with Crippen molar-refractivity contribution in [3.63, 3.8) is 0 Å². The number of aliphatic hydroxyl groups is 1. The van der Waals surface area contributed by atoms with Gasteiger partial charge in [0.15, 0.2) is 0 Å². The van der Waals surface area contributed by atoms with Gasteiger partial charge in [0.2, 0.25) is 0 Å². The van der Waals surface area contributed by atoms with Crippen LogP contribution in [-0.2, 0) is 4.79 Å². The molecule has 0 spiro atoms. The number of carbonyl (C=O) groups excluding carboxylic acids is 1. The molecule has 0 fully saturated rings. The van der Waals surface area contributed by atoms with E-state index in [9.17, 15) is 4.79 Å². The monoisotopic (exact) mass is 269 g/mol. The molecule has 1 aliphatic heterocycles. The summed E-state index contributed by atoms with van der Waals surface area (Å²) in [5, 5.41) is 17.7. The number of aliphatic hydroxyl groups excluding tert-OH is 1. The quantitative estimate of drug-likeness (QED) is 0.688. The molecule has 1 amide bonds. The SMILES string of the molecule is C/C=C1/N=CNC(=O)C1=N.CCC.CCCCCO. The fourth-order valence-electron chi connectivity index (χ4n) is 0.994. The Morgan fingerprint density at radius 1 is 1.37 bits per heavy atom. The third kappa shape index (κ3) is 11.3. The molecule has 0 saturated carbocycles. The predicted octanol–water partition coefficient (Wildman–Crippen LogP) is 2.65. The molecule has 5 heteroatoms. The van der Waals surface area contributed by atoms with Crippen LogP contribution in [0.4, 0.5) is 0 Å². The summed E-state index contributed by atoms with van der Waals surface area (Å²) in [4.78, 5) is 14.5. The molecular formula is C14H27N3O2. The van der Waals surface area contributed by atoms with Gasteiger partial charge in [0.1, 0.15) is 5.71 Å². The molecular weight excluding hydrogens is 242 g/mol. The second-order valence-electron chi connectivity index (χ2n) is 3.92. The van der Waals surface area contributed by atoms with E-state index in [1.807, 2.05) is 0 Å². The average Bonchev–Trinajstić information content (AvgIpc) is 2.41. The second kappa shape index (κ2) is 14.6. The van der Waals surface area contributed by atoms with E-state index in [0.717, 1.165) is 12.8 Å². The Labute approximate surface area is 116 Å². The van der Waals surface area contributed by atoms with Crippen LogP contribution in [0.3, 0.4) is 0 Å². The first-order valence-electron chi connectivity index (χ1n) is 6.78. The van der Waals surface area contributed by atoms with Crippen molar-refractivity contribution >= 4 is 18.0 Å². The summed E-state index contributed by atoms with van der Waals surface area (Å²) in [5.41, 5.74) is 0.341. The number of nitrogens with one attached hydrogen (secondary N) is 2. The molecule has 0 aliphatic carbocycles. The topological polar surface area (TPSA) is 85.5 Å². The molecule has 110 valence electrons. The van der Waals surface area contributed by atoms with Crippen LogP contribution in [-0.4, -0.2) is 29.7 Å². The van der Waals surface area contributed by atoms with Gasteiger partial charge in [-0.2, -0.15) is 0 Å². The zero-order valence-corrected chi connectivity index (χ0v) is 12.5. The first-order valence-corrected chi connectivity index (χ1v) is 6.78. The van der Waals surface area contributed by atoms with Crippen molar-refractivity contribution in [2.75, 3.05) is 6.61 Å². The van der Waals surface area contributed by atoms with Gasteiger partial charge in [-0.1, -0.05) is 46.1 Å². The Morgan fingerprint density at radius 2 is 1.95 bits per heavy atom. The van der Waals surface area contributed by atoms with E-state index in [-0.39, 0.29) is 5.71 Å². The van der Waals surface area contributed by atoms with Gasteiger partial charge in [-0.15, -0.1) is 0 Å². The Balaban J connectivity index is 0. The summed E-state index contributed by atoms with van der Waals surface area (Å²) >= 11 is 0. The van der Waals surface area contributed by atoms with Crippen LogP contribution in [0.5, 0.6) is 0 Å². The van der Waals surface area contributed by atoms with Crippen molar-refractivity contribution in [2.45, 2.75) is 53.4 Å². The number of hydrogen-bond donors (Lipinski definition) is 3. The molecule has 0 atom stereocenters. The average molecular weight is 269 g/mol. The number of rotatable bonds is 3. The summed E-state index contributed by atoms with van der Waals surface area (Å²) in [7, 11) is 0. The van der Waals surface area contributed by atoms with Crippen molar-refractivity contribution in [1.82, 2.24) is 5.32 Å². The minimum Gasteiger partial charge on any atom is -0.396 e. The van der Waals surface area contributed by atoms with E-state index in [1.54, 1.807) is 13.0 Å². The molecule has 5 nitrogen and oxygen atoms in total. The van der Waals surface area contributed by atoms with Crippen molar-refractivity contribution in [3.05, 3.63) is 11.8 Å². The molecule has 3 N–H and O–H groups in total. The van der Waals surface area contributed by atoms with Crippen molar-refractivity contribution in [1.29, 1.82) is 5.41 Å². The van der Waals surface area contributed by atoms with Crippen LogP contribution in [0.15, 0.2) is 16.8 Å². The minimum absolute atomic E-state index is 0.0787. The summed E-state index contributed by atoms with van der Waals surface area (Å²) in [5.74, 6) is -0.400. The normalized spacial score (nSPS) is 15.1. The van der Waals surface area contributed by atoms with E-state index in [0.29, 0.717) is 12.3 Å². The van der Waals surface area contributed by atoms with Crippen LogP contribution in [0.1, 0.15) is 53.4 Å². The van der Waals surface area contributed by atoms with Crippen LogP contribution in [0.25, 0.3) is 0 Å². The van der Waals surface area contributed by atoms with E-state index < -0.39 is 5.91 Å². The lowest BCUT2D eigenvalue weighted by molar-refractivity contribution is -0.113. The molecule has 1 aliphatic rings. The van der Waals surface area contributed by atoms with Crippen LogP contribution in [0, 0.1) is 5.41 Å². The maximum absolute atomic E-state index is 10.7. The Morgan fingerprint density at radius 3 is 2.26 bits per heavy atom. The number of unbranched alkanes of at least 4 members (excludes halogenated alkanes) is 2. The molecule has 1 heterocycles. The highest BCUT2D eigenvalue weighted by atomic mass is 16.2. The lowest BCUT2D eigenvalue weighted by Gasteiger charge is -2.06. The molecule has 0 unspecified atom stereocenters. The van der Waals surface area contributed by atoms with E-state index in [1.165, 1.54) is 19.2 Å². The molecule has 0 aromatic heterocycles. The molecule has 0 aromatic carbocycles. The van der Waals surface area contributed by atoms with Gasteiger partial charge in [-0.3, -0.25) is 10.2 Å². The minimum atomic E-state index is -0.400. The summed E-state index contributed by atoms with van der Waals surface area (Å²) < 4.78 is 0. The van der Waals surface area contributed by atoms with Gasteiger partial charge in [-0.25, -0.2) is 4.99 Å². The molecule has 19 heavy (non-hydrogen) atoms. The van der Waals surface area contributed by atoms with Crippen molar-refractivity contribution < 1.29 is 9.90 Å². The fourth-order valence-corrected chi connectivity index (χ4v) is 0.994. The van der Waals surface area contributed by atoms with Gasteiger partial charge < -0.3 is 10.4 Å². The lowest BCUT2D eigenvalue weighted by atomic mass is 10.2. The predicted molar refractivity (Wildman–Crippen MR) is 80.7 cm³/mol. The summed E-state index contributed by atoms with van der Waals surface area (Å²) in [6.45, 7) is 8.46. The maximum Gasteiger partial charge on any atom is 0.276 e. The zero-order chi connectivity index (χ0) is 15.1. The first kappa shape index (κ1) is 19.8. The van der Waals surface area contributed by atoms with Gasteiger partial charge in [0.05, 0.1) is 12.0 Å². The lowest BCUT2D eigenvalue weighted by Crippen LogP contribution is -2.33. The third-order valence-electron chi connectivity index (χ3n) is 1.92. The summed E-state index contributed by atoms with van der Waals surface area (Å²) in [6.07, 6.45) is 7.49. The largest absolute Gasteiger partial charge is 0.396 e. The smallest absolute Gasteiger partial charge is 0.276 e. The number of nitrogens with zero attached hydrogens (tertiary/aromatic N) is 1. The molecule has 0 radical (unpaired) electrons. The molecule has 1 rings (SSSR count). The zero-order valence-electron chi connectivity index (χ0n) is 12.5. The van der Waals surface area contributed by atoms with Gasteiger partial charge in [0.25, 0.3) is 5.91 Å². The molecule has 0 saturated heterocycles. The highest BCUT2D eigenvalue weighted by Crippen LogP contribution is 2.00. The number of aliphatic imine (C=N–C) groups is 1. The number of hydrogen-bond acceptors (Lipinski definition) is 4. The van der Waals surface area contributed by atoms with E-state index in [4.69, 9.17) is 10.5 Å². The van der Waals surface area contributed by atoms with Gasteiger partial charge >= 0.3 is 0 Å². The van der Waals surface area contributed by atoms with Crippen LogP contribution >= 0.6 is 0 Å². The van der Waals surface area contributed by atoms with Crippen LogP contribution < -0.4 is 5.32 Å². The van der Waals surface area contributed by atoms with Gasteiger partial charge in [-0.05, 0) is 13.3 Å². The van der Waals surface area contributed by atoms with Crippen LogP contribution in [0.2, 0.25) is 0 Å². The maximum atomic E-state index is 10.7. The second-order valence-corrected chi connectivity index (χ2v) is 3.92. The third-order valence-corrected chi connectivity index (χ3v) is 1.92. The Kier molecular flexibility index (Phi) is 15.2. The highest BCUT2D eigenvalue weighted by molar-refractivity contribution is 6.46. The molecule has 0 bridgehead atoms. The number of carbonyl (C=O) groups is 1. The Bertz CT molecular complexity index is 306. The first-order chi connectivity index (χ1) is 9.08. The van der Waals surface area contributed by atoms with E-state index >= 15 is 0 Å². The number of allylic oxidation sites excluding steroid dienone is 1. The van der Waals surface area contributed by atoms with Crippen molar-refractivity contribution in [3.8, 4) is 0 Å². The van der Waals surface area contributed by atoms with E-state index in [2.05, 4.69) is 31.1 Å². The number of amides is 1. The van der Waals surface area contributed by atoms with Crippen molar-refractivity contribution in [2.24, 2.45) is 4.99 Å². The summed E-state index contributed by atoms with van der Waals surface area (Å²) in [6, 6.07) is 0. The molecule has 0 aromatic rings. The fraction of sp³-hybridized carbons (Fsp3) is 0.643. The standard InChI is InChI=1S/C6H7N3O.C5H12O.C3H8/c1-2-4-5(7)6(10)9-3-8-4;1-2-3-4-5-6;1-3-2/h2-3,7H,1H3,(H,8,9,10);6H,2-5H2,1H3;3H2,1-2H3/b4-2+,7-5?;;. The van der Waals surface area contributed by atoms with Gasteiger partial charge in [0, 0.05) is 6.61 Å².